The molecule has 0 amide bonds. The Bertz CT molecular complexity index is 362. The van der Waals surface area contributed by atoms with Gasteiger partial charge in [0.15, 0.2) is 0 Å². The fourth-order valence-electron chi connectivity index (χ4n) is 1.86. The van der Waals surface area contributed by atoms with Gasteiger partial charge in [-0.15, -0.1) is 0 Å². The molecule has 0 spiro atoms. The quantitative estimate of drug-likeness (QED) is 0.627. The second-order valence-corrected chi connectivity index (χ2v) is 4.70. The van der Waals surface area contributed by atoms with Crippen LogP contribution in [0.15, 0.2) is 22.7 Å². The molecule has 3 N–H and O–H groups in total. The van der Waals surface area contributed by atoms with Crippen LogP contribution in [0.3, 0.4) is 0 Å². The number of methoxy groups -OCH3 is 1. The summed E-state index contributed by atoms with van der Waals surface area (Å²) in [6.45, 7) is 2.05. The lowest BCUT2D eigenvalue weighted by atomic mass is 9.98. The van der Waals surface area contributed by atoms with Crippen LogP contribution in [0.5, 0.6) is 0 Å². The zero-order valence-electron chi connectivity index (χ0n) is 10.0. The van der Waals surface area contributed by atoms with E-state index in [0.29, 0.717) is 10.0 Å². The topological polar surface area (TPSA) is 47.3 Å². The first kappa shape index (κ1) is 14.6. The Morgan fingerprint density at radius 3 is 2.76 bits per heavy atom. The minimum Gasteiger partial charge on any atom is -0.379 e. The molecule has 3 nitrogen and oxygen atoms in total. The van der Waals surface area contributed by atoms with Gasteiger partial charge < -0.3 is 4.74 Å². The number of hydrogen-bond donors (Lipinski definition) is 2. The molecular weight excluding hydrogens is 287 g/mol. The molecule has 0 aliphatic carbocycles. The predicted octanol–water partition coefficient (Wildman–Crippen LogP) is 2.91. The SMILES string of the molecule is CCCC(OC)C(NN)c1cccc(Br)c1F. The minimum atomic E-state index is -0.350. The molecule has 0 aromatic heterocycles. The van der Waals surface area contributed by atoms with Crippen molar-refractivity contribution in [2.75, 3.05) is 7.11 Å². The van der Waals surface area contributed by atoms with E-state index < -0.39 is 0 Å². The first-order valence-electron chi connectivity index (χ1n) is 5.58. The van der Waals surface area contributed by atoms with Gasteiger partial charge in [0.05, 0.1) is 16.6 Å². The lowest BCUT2D eigenvalue weighted by Gasteiger charge is -2.26. The molecule has 5 heteroatoms. The van der Waals surface area contributed by atoms with Crippen molar-refractivity contribution < 1.29 is 9.13 Å². The summed E-state index contributed by atoms with van der Waals surface area (Å²) in [6, 6.07) is 4.81. The molecule has 1 aromatic rings. The van der Waals surface area contributed by atoms with Gasteiger partial charge >= 0.3 is 0 Å². The third kappa shape index (κ3) is 3.48. The Morgan fingerprint density at radius 2 is 2.24 bits per heavy atom. The van der Waals surface area contributed by atoms with Crippen molar-refractivity contribution in [1.82, 2.24) is 5.43 Å². The van der Waals surface area contributed by atoms with Crippen molar-refractivity contribution in [3.8, 4) is 0 Å². The molecule has 17 heavy (non-hydrogen) atoms. The number of hydrazine groups is 1. The van der Waals surface area contributed by atoms with Crippen LogP contribution in [0, 0.1) is 5.82 Å². The Hall–Kier alpha value is -0.490. The highest BCUT2D eigenvalue weighted by Gasteiger charge is 2.24. The van der Waals surface area contributed by atoms with Crippen molar-refractivity contribution in [3.05, 3.63) is 34.1 Å². The Morgan fingerprint density at radius 1 is 1.53 bits per heavy atom. The molecule has 0 bridgehead atoms. The van der Waals surface area contributed by atoms with Gasteiger partial charge in [-0.2, -0.15) is 0 Å². The molecule has 0 saturated carbocycles. The third-order valence-electron chi connectivity index (χ3n) is 2.74. The molecule has 0 saturated heterocycles. The maximum absolute atomic E-state index is 14.0. The van der Waals surface area contributed by atoms with Crippen LogP contribution in [0.1, 0.15) is 31.4 Å². The molecule has 0 heterocycles. The van der Waals surface area contributed by atoms with Crippen LogP contribution in [-0.2, 0) is 4.74 Å². The molecule has 1 aromatic carbocycles. The highest BCUT2D eigenvalue weighted by molar-refractivity contribution is 9.10. The van der Waals surface area contributed by atoms with E-state index in [1.807, 2.05) is 0 Å². The smallest absolute Gasteiger partial charge is 0.142 e. The number of nitrogens with one attached hydrogen (secondary N) is 1. The number of nitrogens with two attached hydrogens (primary N) is 1. The zero-order valence-corrected chi connectivity index (χ0v) is 11.6. The van der Waals surface area contributed by atoms with E-state index in [2.05, 4.69) is 28.3 Å². The molecule has 2 atom stereocenters. The van der Waals surface area contributed by atoms with Crippen molar-refractivity contribution >= 4 is 15.9 Å². The standard InChI is InChI=1S/C12H18BrFN2O/c1-3-5-10(17-2)12(16-15)8-6-4-7-9(13)11(8)14/h4,6-7,10,12,16H,3,5,15H2,1-2H3. The maximum Gasteiger partial charge on any atom is 0.142 e. The van der Waals surface area contributed by atoms with Crippen molar-refractivity contribution in [3.63, 3.8) is 0 Å². The monoisotopic (exact) mass is 304 g/mol. The molecule has 2 unspecified atom stereocenters. The summed E-state index contributed by atoms with van der Waals surface area (Å²) in [7, 11) is 1.61. The number of rotatable bonds is 6. The number of halogens is 2. The van der Waals surface area contributed by atoms with Gasteiger partial charge in [0, 0.05) is 12.7 Å². The maximum atomic E-state index is 14.0. The Balaban J connectivity index is 3.03. The van der Waals surface area contributed by atoms with E-state index in [9.17, 15) is 4.39 Å². The largest absolute Gasteiger partial charge is 0.379 e. The second-order valence-electron chi connectivity index (χ2n) is 3.85. The lowest BCUT2D eigenvalue weighted by molar-refractivity contribution is 0.0594. The summed E-state index contributed by atoms with van der Waals surface area (Å²) in [5, 5.41) is 0. The number of benzene rings is 1. The van der Waals surface area contributed by atoms with E-state index in [4.69, 9.17) is 10.6 Å². The van der Waals surface area contributed by atoms with Gasteiger partial charge in [0.2, 0.25) is 0 Å². The summed E-state index contributed by atoms with van der Waals surface area (Å²) in [4.78, 5) is 0. The van der Waals surface area contributed by atoms with Crippen LogP contribution in [0.25, 0.3) is 0 Å². The fourth-order valence-corrected chi connectivity index (χ4v) is 2.24. The highest BCUT2D eigenvalue weighted by atomic mass is 79.9. The average Bonchev–Trinajstić information content (AvgIpc) is 2.34. The summed E-state index contributed by atoms with van der Waals surface area (Å²) in [6.07, 6.45) is 1.62. The molecule has 0 fully saturated rings. The van der Waals surface area contributed by atoms with Gasteiger partial charge in [-0.3, -0.25) is 11.3 Å². The van der Waals surface area contributed by atoms with E-state index in [-0.39, 0.29) is 18.0 Å². The van der Waals surface area contributed by atoms with Gasteiger partial charge in [-0.05, 0) is 28.4 Å². The minimum absolute atomic E-state index is 0.145. The predicted molar refractivity (Wildman–Crippen MR) is 69.9 cm³/mol. The van der Waals surface area contributed by atoms with Crippen molar-refractivity contribution in [2.24, 2.45) is 5.84 Å². The molecule has 96 valence electrons. The molecule has 0 aliphatic heterocycles. The normalized spacial score (nSPS) is 14.6. The summed E-state index contributed by atoms with van der Waals surface area (Å²) >= 11 is 3.17. The Labute approximate surface area is 110 Å². The number of hydrogen-bond acceptors (Lipinski definition) is 3. The summed E-state index contributed by atoms with van der Waals surface area (Å²) in [5.74, 6) is 5.22. The second kappa shape index (κ2) is 7.06. The van der Waals surface area contributed by atoms with E-state index in [1.54, 1.807) is 25.3 Å². The molecule has 0 aliphatic rings. The fraction of sp³-hybridized carbons (Fsp3) is 0.500. The summed E-state index contributed by atoms with van der Waals surface area (Å²) in [5.41, 5.74) is 3.15. The van der Waals surface area contributed by atoms with Gasteiger partial charge in [-0.25, -0.2) is 4.39 Å². The highest BCUT2D eigenvalue weighted by Crippen LogP contribution is 2.27. The molecular formula is C12H18BrFN2O. The first-order chi connectivity index (χ1) is 8.15. The number of ether oxygens (including phenoxy) is 1. The Kier molecular flexibility index (Phi) is 6.05. The van der Waals surface area contributed by atoms with Crippen molar-refractivity contribution in [2.45, 2.75) is 31.9 Å². The lowest BCUT2D eigenvalue weighted by Crippen LogP contribution is -2.38. The molecule has 1 rings (SSSR count). The van der Waals surface area contributed by atoms with E-state index >= 15 is 0 Å². The van der Waals surface area contributed by atoms with Crippen LogP contribution in [-0.4, -0.2) is 13.2 Å². The van der Waals surface area contributed by atoms with Crippen LogP contribution in [0.4, 0.5) is 4.39 Å². The van der Waals surface area contributed by atoms with Gasteiger partial charge in [0.25, 0.3) is 0 Å². The zero-order chi connectivity index (χ0) is 12.8. The molecule has 0 radical (unpaired) electrons. The first-order valence-corrected chi connectivity index (χ1v) is 6.37. The van der Waals surface area contributed by atoms with Gasteiger partial charge in [-0.1, -0.05) is 25.5 Å². The van der Waals surface area contributed by atoms with Crippen LogP contribution < -0.4 is 11.3 Å². The summed E-state index contributed by atoms with van der Waals surface area (Å²) < 4.78 is 19.8. The van der Waals surface area contributed by atoms with Crippen LogP contribution >= 0.6 is 15.9 Å². The van der Waals surface area contributed by atoms with E-state index in [1.165, 1.54) is 0 Å². The van der Waals surface area contributed by atoms with Crippen LogP contribution in [0.2, 0.25) is 0 Å². The van der Waals surface area contributed by atoms with E-state index in [0.717, 1.165) is 12.8 Å². The third-order valence-corrected chi connectivity index (χ3v) is 3.36. The van der Waals surface area contributed by atoms with Crippen molar-refractivity contribution in [1.29, 1.82) is 0 Å². The average molecular weight is 305 g/mol. The van der Waals surface area contributed by atoms with Gasteiger partial charge in [0.1, 0.15) is 5.82 Å².